The number of amides is 2. The number of rotatable bonds is 11. The van der Waals surface area contributed by atoms with Gasteiger partial charge in [0, 0.05) is 4.75 Å². The van der Waals surface area contributed by atoms with Crippen molar-refractivity contribution in [2.75, 3.05) is 26.6 Å². The van der Waals surface area contributed by atoms with Crippen LogP contribution in [0.2, 0.25) is 0 Å². The molecule has 0 aliphatic heterocycles. The van der Waals surface area contributed by atoms with Crippen LogP contribution in [0.1, 0.15) is 53.0 Å². The largest absolute Gasteiger partial charge is 0.504 e. The number of carbonyl (C=O) groups excluding carboxylic acids is 2. The summed E-state index contributed by atoms with van der Waals surface area (Å²) in [5.41, 5.74) is 0.471. The number of phenolic OH excluding ortho intramolecular Hbond substituents is 1. The number of imide groups is 1. The molecule has 0 radical (unpaired) electrons. The third-order valence-corrected chi connectivity index (χ3v) is 6.32. The first-order chi connectivity index (χ1) is 15.2. The highest BCUT2D eigenvalue weighted by molar-refractivity contribution is 8.00. The van der Waals surface area contributed by atoms with E-state index >= 15 is 0 Å². The molecule has 10 heteroatoms. The second-order valence-corrected chi connectivity index (χ2v) is 11.0. The molecule has 1 aromatic rings. The number of nitrogens with one attached hydrogen (secondary N) is 1. The van der Waals surface area contributed by atoms with Crippen molar-refractivity contribution in [1.82, 2.24) is 10.2 Å². The summed E-state index contributed by atoms with van der Waals surface area (Å²) in [6.07, 6.45) is -0.768. The van der Waals surface area contributed by atoms with Crippen LogP contribution in [0.5, 0.6) is 11.5 Å². The lowest BCUT2D eigenvalue weighted by Crippen LogP contribution is -2.50. The molecule has 0 saturated carbocycles. The van der Waals surface area contributed by atoms with Gasteiger partial charge in [-0.1, -0.05) is 40.7 Å². The summed E-state index contributed by atoms with van der Waals surface area (Å²) in [7, 11) is 2.65. The van der Waals surface area contributed by atoms with E-state index in [0.29, 0.717) is 18.7 Å². The Balaban J connectivity index is 2.94. The van der Waals surface area contributed by atoms with E-state index in [2.05, 4.69) is 5.32 Å². The van der Waals surface area contributed by atoms with Gasteiger partial charge in [-0.25, -0.2) is 9.69 Å². The van der Waals surface area contributed by atoms with Crippen molar-refractivity contribution in [1.29, 1.82) is 0 Å². The molecule has 1 unspecified atom stereocenters. The van der Waals surface area contributed by atoms with E-state index in [-0.39, 0.29) is 16.4 Å². The Morgan fingerprint density at radius 1 is 1.15 bits per heavy atom. The number of hydrogen-bond donors (Lipinski definition) is 3. The van der Waals surface area contributed by atoms with Crippen LogP contribution in [0.15, 0.2) is 18.2 Å². The van der Waals surface area contributed by atoms with E-state index in [4.69, 9.17) is 9.47 Å². The summed E-state index contributed by atoms with van der Waals surface area (Å²) in [5, 5.41) is 22.4. The molecule has 1 rings (SSSR count). The Bertz CT molecular complexity index is 837. The highest BCUT2D eigenvalue weighted by atomic mass is 32.2. The maximum atomic E-state index is 13.1. The molecule has 9 nitrogen and oxygen atoms in total. The van der Waals surface area contributed by atoms with Crippen LogP contribution in [0.3, 0.4) is 0 Å². The van der Waals surface area contributed by atoms with Crippen LogP contribution in [0, 0.1) is 0 Å². The highest BCUT2D eigenvalue weighted by Crippen LogP contribution is 2.34. The first kappa shape index (κ1) is 28.6. The maximum Gasteiger partial charge on any atom is 0.417 e. The predicted octanol–water partition coefficient (Wildman–Crippen LogP) is 3.59. The van der Waals surface area contributed by atoms with Crippen molar-refractivity contribution in [2.45, 2.75) is 63.7 Å². The van der Waals surface area contributed by atoms with Gasteiger partial charge in [0.15, 0.2) is 11.5 Å². The smallest absolute Gasteiger partial charge is 0.417 e. The van der Waals surface area contributed by atoms with Crippen LogP contribution < -0.4 is 10.1 Å². The standard InChI is InChI=1S/C23H36N2O7S/c1-22(2,3)33-14-25(21(30)32-7)20(29)16(13-19(27)28)24-11-10-23(4,5)15-8-9-18(31-6)17(26)12-15/h8-9,12,16,24,26H,10-11,13-14H2,1-7H3,(H,27,28). The average molecular weight is 485 g/mol. The van der Waals surface area contributed by atoms with Crippen molar-refractivity contribution in [2.24, 2.45) is 0 Å². The molecule has 1 aromatic carbocycles. The van der Waals surface area contributed by atoms with E-state index in [0.717, 1.165) is 10.5 Å². The molecule has 3 N–H and O–H groups in total. The van der Waals surface area contributed by atoms with Gasteiger partial charge in [-0.15, -0.1) is 11.8 Å². The molecular weight excluding hydrogens is 448 g/mol. The molecule has 0 saturated heterocycles. The van der Waals surface area contributed by atoms with Gasteiger partial charge in [0.2, 0.25) is 5.91 Å². The number of carbonyl (C=O) groups is 3. The van der Waals surface area contributed by atoms with Gasteiger partial charge in [-0.3, -0.25) is 9.59 Å². The molecule has 186 valence electrons. The van der Waals surface area contributed by atoms with Gasteiger partial charge in [0.05, 0.1) is 32.6 Å². The minimum Gasteiger partial charge on any atom is -0.504 e. The number of benzene rings is 1. The predicted molar refractivity (Wildman–Crippen MR) is 128 cm³/mol. The van der Waals surface area contributed by atoms with Crippen LogP contribution >= 0.6 is 11.8 Å². The third-order valence-electron chi connectivity index (χ3n) is 5.07. The van der Waals surface area contributed by atoms with Gasteiger partial charge in [0.1, 0.15) is 0 Å². The van der Waals surface area contributed by atoms with E-state index in [1.165, 1.54) is 26.0 Å². The van der Waals surface area contributed by atoms with Gasteiger partial charge in [-0.2, -0.15) is 0 Å². The number of thioether (sulfide) groups is 1. The van der Waals surface area contributed by atoms with Crippen molar-refractivity contribution >= 4 is 29.7 Å². The molecule has 33 heavy (non-hydrogen) atoms. The monoisotopic (exact) mass is 484 g/mol. The Kier molecular flexibility index (Phi) is 10.5. The Hall–Kier alpha value is -2.46. The molecule has 2 amide bonds. The lowest BCUT2D eigenvalue weighted by Gasteiger charge is -2.29. The molecule has 0 aliphatic carbocycles. The molecule has 0 aromatic heterocycles. The fraction of sp³-hybridized carbons (Fsp3) is 0.609. The topological polar surface area (TPSA) is 125 Å². The quantitative estimate of drug-likeness (QED) is 0.404. The molecule has 0 bridgehead atoms. The molecule has 0 aliphatic rings. The van der Waals surface area contributed by atoms with Crippen LogP contribution in [-0.4, -0.2) is 70.5 Å². The first-order valence-electron chi connectivity index (χ1n) is 10.6. The van der Waals surface area contributed by atoms with E-state index in [1.54, 1.807) is 12.1 Å². The van der Waals surface area contributed by atoms with Crippen LogP contribution in [-0.2, 0) is 19.7 Å². The number of aromatic hydroxyl groups is 1. The summed E-state index contributed by atoms with van der Waals surface area (Å²) in [4.78, 5) is 37.6. The number of ether oxygens (including phenoxy) is 2. The van der Waals surface area contributed by atoms with E-state index in [9.17, 15) is 24.6 Å². The number of carboxylic acids is 1. The van der Waals surface area contributed by atoms with E-state index in [1.807, 2.05) is 40.7 Å². The second-order valence-electron chi connectivity index (χ2n) is 9.25. The molecule has 1 atom stereocenters. The van der Waals surface area contributed by atoms with Gasteiger partial charge < -0.3 is 25.0 Å². The minimum absolute atomic E-state index is 0.0278. The lowest BCUT2D eigenvalue weighted by molar-refractivity contribution is -0.141. The summed E-state index contributed by atoms with van der Waals surface area (Å²) in [6.45, 7) is 10.1. The molecule has 0 spiro atoms. The number of hydrogen-bond acceptors (Lipinski definition) is 8. The Morgan fingerprint density at radius 2 is 1.79 bits per heavy atom. The number of aliphatic carboxylic acids is 1. The lowest BCUT2D eigenvalue weighted by atomic mass is 9.81. The second kappa shape index (κ2) is 12.1. The van der Waals surface area contributed by atoms with Gasteiger partial charge >= 0.3 is 12.1 Å². The normalized spacial score (nSPS) is 12.7. The number of nitrogens with zero attached hydrogens (tertiary/aromatic N) is 1. The maximum absolute atomic E-state index is 13.1. The van der Waals surface area contributed by atoms with Gasteiger partial charge in [0.25, 0.3) is 0 Å². The number of phenols is 1. The summed E-state index contributed by atoms with van der Waals surface area (Å²) >= 11 is 1.37. The first-order valence-corrected chi connectivity index (χ1v) is 11.6. The molecule has 0 fully saturated rings. The summed E-state index contributed by atoms with van der Waals surface area (Å²) < 4.78 is 9.61. The zero-order chi connectivity index (χ0) is 25.4. The third kappa shape index (κ3) is 9.13. The number of methoxy groups -OCH3 is 2. The zero-order valence-corrected chi connectivity index (χ0v) is 21.2. The number of carboxylic acid groups (broad SMARTS) is 1. The fourth-order valence-corrected chi connectivity index (χ4v) is 3.75. The highest BCUT2D eigenvalue weighted by Gasteiger charge is 2.32. The Labute approximate surface area is 199 Å². The average Bonchev–Trinajstić information content (AvgIpc) is 2.71. The summed E-state index contributed by atoms with van der Waals surface area (Å²) in [5.74, 6) is -1.37. The van der Waals surface area contributed by atoms with Crippen molar-refractivity contribution < 1.29 is 34.1 Å². The minimum atomic E-state index is -1.16. The zero-order valence-electron chi connectivity index (χ0n) is 20.4. The van der Waals surface area contributed by atoms with E-state index < -0.39 is 35.8 Å². The summed E-state index contributed by atoms with van der Waals surface area (Å²) in [6, 6.07) is 4.06. The van der Waals surface area contributed by atoms with Crippen LogP contribution in [0.4, 0.5) is 4.79 Å². The SMILES string of the molecule is COC(=O)N(CSC(C)(C)C)C(=O)C(CC(=O)O)NCCC(C)(C)c1ccc(OC)c(O)c1. The fourth-order valence-electron chi connectivity index (χ4n) is 3.00. The molecule has 0 heterocycles. The van der Waals surface area contributed by atoms with Crippen molar-refractivity contribution in [3.05, 3.63) is 23.8 Å². The van der Waals surface area contributed by atoms with Crippen molar-refractivity contribution in [3.63, 3.8) is 0 Å². The van der Waals surface area contributed by atoms with Crippen LogP contribution in [0.25, 0.3) is 0 Å². The van der Waals surface area contributed by atoms with Crippen molar-refractivity contribution in [3.8, 4) is 11.5 Å². The Morgan fingerprint density at radius 3 is 2.27 bits per heavy atom. The van der Waals surface area contributed by atoms with Gasteiger partial charge in [-0.05, 0) is 36.1 Å². The molecular formula is C23H36N2O7S.